The molecular formula is C11H20N2O2. The number of nitrogens with one attached hydrogen (secondary N) is 1. The SMILES string of the molecule is C1CC(CN2C[C@H]3CNC[C@H]3C2)OCO1. The Kier molecular flexibility index (Phi) is 2.92. The number of fused-ring (bicyclic) bond motifs is 1. The topological polar surface area (TPSA) is 33.7 Å². The van der Waals surface area contributed by atoms with Crippen molar-refractivity contribution in [1.82, 2.24) is 10.2 Å². The standard InChI is InChI=1S/C11H20N2O2/c1-2-14-8-15-11(1)7-13-5-9-3-12-4-10(9)6-13/h9-12H,1-8H2/t9-,10+,11?. The normalized spacial score (nSPS) is 42.0. The van der Waals surface area contributed by atoms with Gasteiger partial charge in [-0.25, -0.2) is 0 Å². The lowest BCUT2D eigenvalue weighted by Crippen LogP contribution is -2.37. The molecule has 3 fully saturated rings. The van der Waals surface area contributed by atoms with Gasteiger partial charge in [-0.05, 0) is 31.3 Å². The lowest BCUT2D eigenvalue weighted by atomic mass is 10.0. The maximum absolute atomic E-state index is 5.58. The molecule has 15 heavy (non-hydrogen) atoms. The fourth-order valence-corrected chi connectivity index (χ4v) is 3.03. The molecule has 0 aromatic carbocycles. The van der Waals surface area contributed by atoms with Crippen LogP contribution in [0.3, 0.4) is 0 Å². The first-order valence-corrected chi connectivity index (χ1v) is 6.04. The summed E-state index contributed by atoms with van der Waals surface area (Å²) in [4.78, 5) is 2.58. The fraction of sp³-hybridized carbons (Fsp3) is 1.00. The van der Waals surface area contributed by atoms with Crippen molar-refractivity contribution in [2.24, 2.45) is 11.8 Å². The molecule has 4 nitrogen and oxygen atoms in total. The molecule has 3 rings (SSSR count). The van der Waals surface area contributed by atoms with Crippen molar-refractivity contribution in [2.75, 3.05) is 46.1 Å². The fourth-order valence-electron chi connectivity index (χ4n) is 3.03. The quantitative estimate of drug-likeness (QED) is 0.693. The summed E-state index contributed by atoms with van der Waals surface area (Å²) < 4.78 is 10.8. The van der Waals surface area contributed by atoms with Crippen LogP contribution in [0, 0.1) is 11.8 Å². The van der Waals surface area contributed by atoms with Crippen LogP contribution in [0.4, 0.5) is 0 Å². The molecular weight excluding hydrogens is 192 g/mol. The highest BCUT2D eigenvalue weighted by Crippen LogP contribution is 2.26. The van der Waals surface area contributed by atoms with Crippen molar-refractivity contribution in [3.8, 4) is 0 Å². The second-order valence-corrected chi connectivity index (χ2v) is 5.00. The molecule has 1 unspecified atom stereocenters. The van der Waals surface area contributed by atoms with Gasteiger partial charge in [-0.2, -0.15) is 0 Å². The lowest BCUT2D eigenvalue weighted by Gasteiger charge is -2.27. The van der Waals surface area contributed by atoms with Crippen molar-refractivity contribution >= 4 is 0 Å². The molecule has 0 aliphatic carbocycles. The molecule has 0 bridgehead atoms. The molecule has 86 valence electrons. The van der Waals surface area contributed by atoms with Crippen LogP contribution in [0.25, 0.3) is 0 Å². The summed E-state index contributed by atoms with van der Waals surface area (Å²) in [6.45, 7) is 7.43. The third-order valence-corrected chi connectivity index (χ3v) is 3.90. The van der Waals surface area contributed by atoms with E-state index >= 15 is 0 Å². The highest BCUT2D eigenvalue weighted by Gasteiger charge is 2.36. The van der Waals surface area contributed by atoms with E-state index in [2.05, 4.69) is 10.2 Å². The van der Waals surface area contributed by atoms with Gasteiger partial charge in [0, 0.05) is 19.6 Å². The van der Waals surface area contributed by atoms with Gasteiger partial charge in [0.05, 0.1) is 12.7 Å². The molecule has 3 saturated heterocycles. The zero-order valence-electron chi connectivity index (χ0n) is 9.15. The minimum Gasteiger partial charge on any atom is -0.355 e. The molecule has 3 heterocycles. The average molecular weight is 212 g/mol. The maximum Gasteiger partial charge on any atom is 0.147 e. The third kappa shape index (κ3) is 2.18. The average Bonchev–Trinajstić information content (AvgIpc) is 2.79. The zero-order valence-corrected chi connectivity index (χ0v) is 9.15. The van der Waals surface area contributed by atoms with Crippen molar-refractivity contribution in [3.63, 3.8) is 0 Å². The number of ether oxygens (including phenoxy) is 2. The lowest BCUT2D eigenvalue weighted by molar-refractivity contribution is -0.143. The number of likely N-dealkylation sites (tertiary alicyclic amines) is 1. The van der Waals surface area contributed by atoms with Crippen molar-refractivity contribution < 1.29 is 9.47 Å². The van der Waals surface area contributed by atoms with E-state index in [9.17, 15) is 0 Å². The van der Waals surface area contributed by atoms with Gasteiger partial charge in [0.15, 0.2) is 0 Å². The van der Waals surface area contributed by atoms with E-state index in [-0.39, 0.29) is 0 Å². The van der Waals surface area contributed by atoms with E-state index < -0.39 is 0 Å². The highest BCUT2D eigenvalue weighted by molar-refractivity contribution is 4.91. The van der Waals surface area contributed by atoms with Crippen LogP contribution < -0.4 is 5.32 Å². The van der Waals surface area contributed by atoms with E-state index in [1.165, 1.54) is 26.2 Å². The number of hydrogen-bond donors (Lipinski definition) is 1. The Morgan fingerprint density at radius 3 is 2.67 bits per heavy atom. The third-order valence-electron chi connectivity index (χ3n) is 3.90. The number of hydrogen-bond acceptors (Lipinski definition) is 4. The molecule has 4 heteroatoms. The summed E-state index contributed by atoms with van der Waals surface area (Å²) in [7, 11) is 0. The van der Waals surface area contributed by atoms with Crippen LogP contribution in [-0.2, 0) is 9.47 Å². The van der Waals surface area contributed by atoms with Gasteiger partial charge in [-0.1, -0.05) is 0 Å². The second kappa shape index (κ2) is 4.37. The molecule has 3 aliphatic rings. The van der Waals surface area contributed by atoms with E-state index in [0.717, 1.165) is 31.4 Å². The summed E-state index contributed by atoms with van der Waals surface area (Å²) in [5, 5.41) is 3.47. The van der Waals surface area contributed by atoms with Crippen LogP contribution in [0.5, 0.6) is 0 Å². The van der Waals surface area contributed by atoms with Gasteiger partial charge >= 0.3 is 0 Å². The van der Waals surface area contributed by atoms with Gasteiger partial charge in [0.1, 0.15) is 6.79 Å². The summed E-state index contributed by atoms with van der Waals surface area (Å²) in [5.74, 6) is 1.79. The van der Waals surface area contributed by atoms with E-state index in [4.69, 9.17) is 9.47 Å². The molecule has 0 spiro atoms. The molecule has 3 aliphatic heterocycles. The van der Waals surface area contributed by atoms with Crippen LogP contribution in [0.15, 0.2) is 0 Å². The maximum atomic E-state index is 5.58. The minimum atomic E-state index is 0.408. The molecule has 1 N–H and O–H groups in total. The largest absolute Gasteiger partial charge is 0.355 e. The summed E-state index contributed by atoms with van der Waals surface area (Å²) in [6, 6.07) is 0. The van der Waals surface area contributed by atoms with Gasteiger partial charge in [0.25, 0.3) is 0 Å². The Labute approximate surface area is 90.9 Å². The second-order valence-electron chi connectivity index (χ2n) is 5.00. The van der Waals surface area contributed by atoms with Crippen LogP contribution >= 0.6 is 0 Å². The first-order chi connectivity index (χ1) is 7.42. The summed E-state index contributed by atoms with van der Waals surface area (Å²) in [5.41, 5.74) is 0. The van der Waals surface area contributed by atoms with Gasteiger partial charge in [-0.15, -0.1) is 0 Å². The Balaban J connectivity index is 1.48. The summed E-state index contributed by atoms with van der Waals surface area (Å²) >= 11 is 0. The Bertz CT molecular complexity index is 207. The minimum absolute atomic E-state index is 0.408. The Morgan fingerprint density at radius 2 is 2.00 bits per heavy atom. The predicted octanol–water partition coefficient (Wildman–Crippen LogP) is -0.0994. The van der Waals surface area contributed by atoms with Crippen molar-refractivity contribution in [1.29, 1.82) is 0 Å². The van der Waals surface area contributed by atoms with Crippen LogP contribution in [-0.4, -0.2) is 57.1 Å². The first kappa shape index (κ1) is 10.0. The van der Waals surface area contributed by atoms with Gasteiger partial charge < -0.3 is 19.7 Å². The van der Waals surface area contributed by atoms with Gasteiger partial charge in [0.2, 0.25) is 0 Å². The van der Waals surface area contributed by atoms with Crippen molar-refractivity contribution in [3.05, 3.63) is 0 Å². The zero-order chi connectivity index (χ0) is 10.1. The van der Waals surface area contributed by atoms with Crippen LogP contribution in [0.1, 0.15) is 6.42 Å². The molecule has 0 amide bonds. The van der Waals surface area contributed by atoms with E-state index in [0.29, 0.717) is 12.9 Å². The number of nitrogens with zero attached hydrogens (tertiary/aromatic N) is 1. The molecule has 0 aromatic heterocycles. The first-order valence-electron chi connectivity index (χ1n) is 6.04. The van der Waals surface area contributed by atoms with Gasteiger partial charge in [-0.3, -0.25) is 0 Å². The summed E-state index contributed by atoms with van der Waals surface area (Å²) in [6.07, 6.45) is 1.47. The predicted molar refractivity (Wildman–Crippen MR) is 56.6 cm³/mol. The van der Waals surface area contributed by atoms with E-state index in [1.54, 1.807) is 0 Å². The Hall–Kier alpha value is -0.160. The Morgan fingerprint density at radius 1 is 1.20 bits per heavy atom. The smallest absolute Gasteiger partial charge is 0.147 e. The highest BCUT2D eigenvalue weighted by atomic mass is 16.7. The monoisotopic (exact) mass is 212 g/mol. The number of rotatable bonds is 2. The van der Waals surface area contributed by atoms with Crippen LogP contribution in [0.2, 0.25) is 0 Å². The molecule has 0 radical (unpaired) electrons. The molecule has 0 aromatic rings. The van der Waals surface area contributed by atoms with Crippen molar-refractivity contribution in [2.45, 2.75) is 12.5 Å². The molecule has 0 saturated carbocycles. The van der Waals surface area contributed by atoms with E-state index in [1.807, 2.05) is 0 Å². The molecule has 3 atom stereocenters.